The first kappa shape index (κ1) is 17.8. The third-order valence-corrected chi connectivity index (χ3v) is 6.57. The smallest absolute Gasteiger partial charge is 0.267 e. The normalized spacial score (nSPS) is 21.9. The highest BCUT2D eigenvalue weighted by atomic mass is 35.5. The molecular weight excluding hydrogens is 386 g/mol. The van der Waals surface area contributed by atoms with Gasteiger partial charge in [-0.05, 0) is 42.3 Å². The number of nitrogens with zero attached hydrogens (tertiary/aromatic N) is 3. The van der Waals surface area contributed by atoms with E-state index in [9.17, 15) is 4.79 Å². The van der Waals surface area contributed by atoms with Crippen LogP contribution in [0.1, 0.15) is 37.7 Å². The third kappa shape index (κ3) is 3.72. The fourth-order valence-electron chi connectivity index (χ4n) is 3.31. The number of benzene rings is 1. The standard InChI is InChI=1S/C19H18ClN3OS2/c20-15-9-5-4-6-13(15)12-16-17(24)23(14-7-2-1-3-8-14)19(26-16)22-18-21-10-11-25-18/h4-6,9-12,14H,1-3,7-8H2/b16-12-,22-19+. The number of hydrogen-bond donors (Lipinski definition) is 0. The Morgan fingerprint density at radius 1 is 1.23 bits per heavy atom. The molecule has 1 aliphatic carbocycles. The highest BCUT2D eigenvalue weighted by molar-refractivity contribution is 8.18. The second-order valence-electron chi connectivity index (χ2n) is 6.31. The second kappa shape index (κ2) is 7.94. The lowest BCUT2D eigenvalue weighted by Gasteiger charge is -2.30. The van der Waals surface area contributed by atoms with E-state index in [-0.39, 0.29) is 11.9 Å². The predicted molar refractivity (Wildman–Crippen MR) is 110 cm³/mol. The van der Waals surface area contributed by atoms with E-state index in [0.717, 1.165) is 36.4 Å². The van der Waals surface area contributed by atoms with Crippen LogP contribution < -0.4 is 0 Å². The Balaban J connectivity index is 1.70. The van der Waals surface area contributed by atoms with Crippen molar-refractivity contribution in [1.82, 2.24) is 9.88 Å². The maximum atomic E-state index is 13.2. The first-order chi connectivity index (χ1) is 12.7. The fraction of sp³-hybridized carbons (Fsp3) is 0.316. The summed E-state index contributed by atoms with van der Waals surface area (Å²) >= 11 is 9.16. The number of thioether (sulfide) groups is 1. The van der Waals surface area contributed by atoms with Crippen LogP contribution >= 0.6 is 34.7 Å². The van der Waals surface area contributed by atoms with Crippen LogP contribution in [0.25, 0.3) is 6.08 Å². The van der Waals surface area contributed by atoms with Gasteiger partial charge in [-0.1, -0.05) is 49.1 Å². The number of halogens is 1. The second-order valence-corrected chi connectivity index (χ2v) is 8.60. The molecule has 1 saturated carbocycles. The zero-order valence-electron chi connectivity index (χ0n) is 14.1. The summed E-state index contributed by atoms with van der Waals surface area (Å²) in [5.74, 6) is 0.0251. The van der Waals surface area contributed by atoms with Gasteiger partial charge in [0.25, 0.3) is 5.91 Å². The van der Waals surface area contributed by atoms with Crippen molar-refractivity contribution in [3.05, 3.63) is 51.3 Å². The zero-order valence-corrected chi connectivity index (χ0v) is 16.5. The maximum absolute atomic E-state index is 13.2. The Morgan fingerprint density at radius 2 is 2.04 bits per heavy atom. The largest absolute Gasteiger partial charge is 0.283 e. The van der Waals surface area contributed by atoms with Crippen LogP contribution in [-0.2, 0) is 4.79 Å². The lowest BCUT2D eigenvalue weighted by atomic mass is 9.94. The van der Waals surface area contributed by atoms with Crippen LogP contribution in [0.2, 0.25) is 5.02 Å². The summed E-state index contributed by atoms with van der Waals surface area (Å²) < 4.78 is 0. The highest BCUT2D eigenvalue weighted by Crippen LogP contribution is 2.39. The Labute approximate surface area is 166 Å². The maximum Gasteiger partial charge on any atom is 0.267 e. The van der Waals surface area contributed by atoms with Gasteiger partial charge in [-0.3, -0.25) is 9.69 Å². The minimum atomic E-state index is 0.0251. The van der Waals surface area contributed by atoms with Crippen molar-refractivity contribution in [2.45, 2.75) is 38.1 Å². The molecule has 2 heterocycles. The van der Waals surface area contributed by atoms with Crippen molar-refractivity contribution < 1.29 is 4.79 Å². The topological polar surface area (TPSA) is 45.6 Å². The molecule has 0 N–H and O–H groups in total. The van der Waals surface area contributed by atoms with Crippen molar-refractivity contribution in [3.8, 4) is 0 Å². The molecule has 1 aliphatic heterocycles. The molecule has 1 aromatic heterocycles. The van der Waals surface area contributed by atoms with E-state index in [0.29, 0.717) is 15.1 Å². The Morgan fingerprint density at radius 3 is 2.77 bits per heavy atom. The minimum Gasteiger partial charge on any atom is -0.283 e. The number of hydrogen-bond acceptors (Lipinski definition) is 5. The lowest BCUT2D eigenvalue weighted by molar-refractivity contribution is -0.124. The molecule has 0 unspecified atom stereocenters. The van der Waals surface area contributed by atoms with E-state index >= 15 is 0 Å². The van der Waals surface area contributed by atoms with E-state index < -0.39 is 0 Å². The van der Waals surface area contributed by atoms with Crippen molar-refractivity contribution in [2.24, 2.45) is 4.99 Å². The quantitative estimate of drug-likeness (QED) is 0.614. The molecule has 26 heavy (non-hydrogen) atoms. The van der Waals surface area contributed by atoms with Gasteiger partial charge < -0.3 is 0 Å². The van der Waals surface area contributed by atoms with Gasteiger partial charge in [-0.15, -0.1) is 11.3 Å². The first-order valence-corrected chi connectivity index (χ1v) is 10.8. The van der Waals surface area contributed by atoms with E-state index in [2.05, 4.69) is 9.98 Å². The van der Waals surface area contributed by atoms with Gasteiger partial charge in [0.15, 0.2) is 5.17 Å². The van der Waals surface area contributed by atoms with Gasteiger partial charge in [0, 0.05) is 22.6 Å². The number of carbonyl (C=O) groups is 1. The fourth-order valence-corrected chi connectivity index (χ4v) is 5.10. The molecule has 0 atom stereocenters. The predicted octanol–water partition coefficient (Wildman–Crippen LogP) is 5.73. The molecule has 0 radical (unpaired) electrons. The summed E-state index contributed by atoms with van der Waals surface area (Å²) in [5, 5.41) is 3.95. The van der Waals surface area contributed by atoms with Crippen LogP contribution in [0.15, 0.2) is 45.7 Å². The monoisotopic (exact) mass is 403 g/mol. The number of thiazole rings is 1. The van der Waals surface area contributed by atoms with E-state index in [1.807, 2.05) is 40.6 Å². The molecule has 1 amide bonds. The average Bonchev–Trinajstić information content (AvgIpc) is 3.27. The molecule has 1 saturated heterocycles. The average molecular weight is 404 g/mol. The summed E-state index contributed by atoms with van der Waals surface area (Å²) in [5.41, 5.74) is 0.851. The number of aromatic nitrogens is 1. The van der Waals surface area contributed by atoms with Gasteiger partial charge in [0.1, 0.15) is 0 Å². The molecule has 7 heteroatoms. The van der Waals surface area contributed by atoms with Crippen LogP contribution in [0.3, 0.4) is 0 Å². The molecular formula is C19H18ClN3OS2. The van der Waals surface area contributed by atoms with Gasteiger partial charge in [-0.2, -0.15) is 4.99 Å². The molecule has 0 spiro atoms. The summed E-state index contributed by atoms with van der Waals surface area (Å²) in [6.45, 7) is 0. The van der Waals surface area contributed by atoms with Crippen molar-refractivity contribution in [1.29, 1.82) is 0 Å². The number of carbonyl (C=O) groups excluding carboxylic acids is 1. The molecule has 4 nitrogen and oxygen atoms in total. The summed E-state index contributed by atoms with van der Waals surface area (Å²) in [6, 6.07) is 7.79. The molecule has 4 rings (SSSR count). The van der Waals surface area contributed by atoms with E-state index in [4.69, 9.17) is 11.6 Å². The molecule has 1 aromatic carbocycles. The lowest BCUT2D eigenvalue weighted by Crippen LogP contribution is -2.40. The number of aliphatic imine (C=N–C) groups is 1. The Hall–Kier alpha value is -1.63. The van der Waals surface area contributed by atoms with Crippen molar-refractivity contribution in [3.63, 3.8) is 0 Å². The van der Waals surface area contributed by atoms with Crippen LogP contribution in [0, 0.1) is 0 Å². The summed E-state index contributed by atoms with van der Waals surface area (Å²) in [7, 11) is 0. The zero-order chi connectivity index (χ0) is 17.9. The first-order valence-electron chi connectivity index (χ1n) is 8.68. The molecule has 2 aliphatic rings. The van der Waals surface area contributed by atoms with Crippen molar-refractivity contribution >= 4 is 57.0 Å². The number of rotatable bonds is 3. The molecule has 134 valence electrons. The minimum absolute atomic E-state index is 0.0251. The van der Waals surface area contributed by atoms with Crippen LogP contribution in [-0.4, -0.2) is 27.0 Å². The summed E-state index contributed by atoms with van der Waals surface area (Å²) in [6.07, 6.45) is 9.23. The van der Waals surface area contributed by atoms with Crippen LogP contribution in [0.4, 0.5) is 5.13 Å². The molecule has 2 fully saturated rings. The van der Waals surface area contributed by atoms with E-state index in [1.54, 1.807) is 6.20 Å². The highest BCUT2D eigenvalue weighted by Gasteiger charge is 2.38. The third-order valence-electron chi connectivity index (χ3n) is 4.58. The number of amides is 1. The summed E-state index contributed by atoms with van der Waals surface area (Å²) in [4.78, 5) is 24.6. The Kier molecular flexibility index (Phi) is 5.43. The van der Waals surface area contributed by atoms with Gasteiger partial charge in [0.2, 0.25) is 5.13 Å². The Bertz CT molecular complexity index is 857. The van der Waals surface area contributed by atoms with Gasteiger partial charge in [0.05, 0.1) is 4.91 Å². The molecule has 2 aromatic rings. The van der Waals surface area contributed by atoms with E-state index in [1.165, 1.54) is 29.5 Å². The SMILES string of the molecule is O=C1/C(=C/c2ccccc2Cl)S/C(=N/c2nccs2)N1C1CCCCC1. The van der Waals surface area contributed by atoms with Crippen LogP contribution in [0.5, 0.6) is 0 Å². The molecule has 0 bridgehead atoms. The van der Waals surface area contributed by atoms with Crippen molar-refractivity contribution in [2.75, 3.05) is 0 Å². The van der Waals surface area contributed by atoms with Gasteiger partial charge >= 0.3 is 0 Å². The van der Waals surface area contributed by atoms with Gasteiger partial charge in [-0.25, -0.2) is 4.98 Å². The number of amidine groups is 1.